The fraction of sp³-hybridized carbons (Fsp3) is 0.414. The molecule has 0 radical (unpaired) electrons. The van der Waals surface area contributed by atoms with Crippen molar-refractivity contribution in [1.82, 2.24) is 0 Å². The van der Waals surface area contributed by atoms with Crippen molar-refractivity contribution in [1.29, 1.82) is 0 Å². The maximum Gasteiger partial charge on any atom is 0.210 e. The first-order valence-corrected chi connectivity index (χ1v) is 13.0. The molecule has 2 heteroatoms. The van der Waals surface area contributed by atoms with Crippen LogP contribution < -0.4 is 0 Å². The van der Waals surface area contributed by atoms with Crippen LogP contribution in [0.4, 0.5) is 5.69 Å². The summed E-state index contributed by atoms with van der Waals surface area (Å²) < 4.78 is 2.62. The van der Waals surface area contributed by atoms with E-state index in [1.54, 1.807) is 11.3 Å². The minimum atomic E-state index is -0.00578. The molecular weight excluding hydrogens is 394 g/mol. The van der Waals surface area contributed by atoms with Gasteiger partial charge < -0.3 is 0 Å². The summed E-state index contributed by atoms with van der Waals surface area (Å²) in [5, 5.41) is 7.14. The summed E-state index contributed by atoms with van der Waals surface area (Å²) in [6, 6.07) is 15.8. The van der Waals surface area contributed by atoms with Gasteiger partial charge in [0.25, 0.3) is 0 Å². The number of thiophene rings is 1. The van der Waals surface area contributed by atoms with Crippen molar-refractivity contribution in [2.75, 3.05) is 6.54 Å². The largest absolute Gasteiger partial charge is 0.210 e. The van der Waals surface area contributed by atoms with E-state index < -0.39 is 0 Å². The predicted octanol–water partition coefficient (Wildman–Crippen LogP) is 8.35. The first kappa shape index (κ1) is 20.7. The van der Waals surface area contributed by atoms with Crippen LogP contribution in [-0.2, 0) is 5.41 Å². The summed E-state index contributed by atoms with van der Waals surface area (Å²) in [6.45, 7) is 5.93. The van der Waals surface area contributed by atoms with Gasteiger partial charge in [-0.1, -0.05) is 56.4 Å². The van der Waals surface area contributed by atoms with Gasteiger partial charge in [0.1, 0.15) is 6.54 Å². The Morgan fingerprint density at radius 2 is 1.84 bits per heavy atom. The molecule has 1 aliphatic heterocycles. The molecule has 1 aromatic heterocycles. The van der Waals surface area contributed by atoms with Gasteiger partial charge in [-0.05, 0) is 71.5 Å². The zero-order valence-electron chi connectivity index (χ0n) is 18.9. The van der Waals surface area contributed by atoms with E-state index in [0.717, 1.165) is 12.5 Å². The van der Waals surface area contributed by atoms with Crippen LogP contribution in [0.2, 0.25) is 0 Å². The third kappa shape index (κ3) is 4.03. The molecule has 2 heterocycles. The number of nitrogens with zero attached hydrogens (tertiary/aromatic N) is 1. The highest BCUT2D eigenvalue weighted by Crippen LogP contribution is 2.44. The molecule has 0 amide bonds. The molecular formula is C29H34NS+. The number of allylic oxidation sites excluding steroid dienone is 1. The molecule has 0 saturated heterocycles. The number of fused-ring (bicyclic) bond motifs is 3. The second-order valence-corrected chi connectivity index (χ2v) is 10.7. The van der Waals surface area contributed by atoms with E-state index in [9.17, 15) is 0 Å². The minimum absolute atomic E-state index is 0.00578. The lowest BCUT2D eigenvalue weighted by Gasteiger charge is -2.17. The van der Waals surface area contributed by atoms with E-state index >= 15 is 0 Å². The first-order chi connectivity index (χ1) is 15.1. The van der Waals surface area contributed by atoms with Gasteiger partial charge in [0.05, 0.1) is 5.41 Å². The normalized spacial score (nSPS) is 18.5. The fourth-order valence-electron chi connectivity index (χ4n) is 5.82. The highest BCUT2D eigenvalue weighted by molar-refractivity contribution is 7.08. The van der Waals surface area contributed by atoms with Gasteiger partial charge in [0, 0.05) is 24.1 Å². The maximum atomic E-state index is 2.62. The number of benzene rings is 2. The van der Waals surface area contributed by atoms with Gasteiger partial charge in [-0.3, -0.25) is 0 Å². The van der Waals surface area contributed by atoms with E-state index in [1.165, 1.54) is 78.2 Å². The number of unbranched alkanes of at least 4 members (excludes halogenated alkanes) is 1. The molecule has 2 aromatic carbocycles. The molecule has 160 valence electrons. The van der Waals surface area contributed by atoms with Gasteiger partial charge in [-0.15, -0.1) is 0 Å². The molecule has 1 saturated carbocycles. The smallest absolute Gasteiger partial charge is 0.195 e. The topological polar surface area (TPSA) is 3.01 Å². The Morgan fingerprint density at radius 1 is 1.00 bits per heavy atom. The molecule has 1 aliphatic carbocycles. The summed E-state index contributed by atoms with van der Waals surface area (Å²) in [6.07, 6.45) is 14.6. The molecule has 31 heavy (non-hydrogen) atoms. The van der Waals surface area contributed by atoms with Crippen LogP contribution in [0.1, 0.15) is 69.9 Å². The van der Waals surface area contributed by atoms with E-state index in [2.05, 4.69) is 83.8 Å². The molecule has 3 aromatic rings. The summed E-state index contributed by atoms with van der Waals surface area (Å²) in [7, 11) is 0. The molecule has 0 unspecified atom stereocenters. The van der Waals surface area contributed by atoms with Gasteiger partial charge in [0.15, 0.2) is 5.71 Å². The van der Waals surface area contributed by atoms with Crippen LogP contribution in [0.25, 0.3) is 16.8 Å². The summed E-state index contributed by atoms with van der Waals surface area (Å²) in [5.74, 6) is 0.994. The third-order valence-corrected chi connectivity index (χ3v) is 8.15. The van der Waals surface area contributed by atoms with Gasteiger partial charge >= 0.3 is 0 Å². The fourth-order valence-corrected chi connectivity index (χ4v) is 6.45. The SMILES string of the molecule is CC1(C)C(/C=C/c2ccsc2)=[N+](CCCCC2CCCC2)c2ccc3ccccc3c21. The Bertz CT molecular complexity index is 1110. The number of hydrogen-bond acceptors (Lipinski definition) is 1. The van der Waals surface area contributed by atoms with Crippen LogP contribution >= 0.6 is 11.3 Å². The van der Waals surface area contributed by atoms with Crippen molar-refractivity contribution >= 4 is 39.6 Å². The Kier molecular flexibility index (Phi) is 5.84. The molecule has 0 spiro atoms. The molecule has 0 N–H and O–H groups in total. The van der Waals surface area contributed by atoms with Crippen LogP contribution in [0.3, 0.4) is 0 Å². The zero-order chi connectivity index (χ0) is 21.3. The highest BCUT2D eigenvalue weighted by Gasteiger charge is 2.45. The van der Waals surface area contributed by atoms with Crippen molar-refractivity contribution in [3.63, 3.8) is 0 Å². The molecule has 5 rings (SSSR count). The van der Waals surface area contributed by atoms with Crippen molar-refractivity contribution in [3.05, 3.63) is 70.4 Å². The average molecular weight is 429 g/mol. The lowest BCUT2D eigenvalue weighted by molar-refractivity contribution is -0.438. The molecule has 1 fully saturated rings. The van der Waals surface area contributed by atoms with Crippen LogP contribution in [0, 0.1) is 5.92 Å². The Hall–Kier alpha value is -2.19. The predicted molar refractivity (Wildman–Crippen MR) is 136 cm³/mol. The van der Waals surface area contributed by atoms with Crippen molar-refractivity contribution in [3.8, 4) is 0 Å². The van der Waals surface area contributed by atoms with Gasteiger partial charge in [-0.25, -0.2) is 0 Å². The summed E-state index contributed by atoms with van der Waals surface area (Å²) in [4.78, 5) is 0. The lowest BCUT2D eigenvalue weighted by Crippen LogP contribution is -2.28. The van der Waals surface area contributed by atoms with E-state index in [0.29, 0.717) is 0 Å². The Balaban J connectivity index is 1.48. The molecule has 2 aliphatic rings. The second-order valence-electron chi connectivity index (χ2n) is 9.88. The standard InChI is InChI=1S/C29H34NS/c1-29(2)27(17-14-23-18-20-31-21-23)30(19-8-7-11-22-9-3-4-10-22)26-16-15-24-12-5-6-13-25(24)28(26)29/h5-6,12-18,20-22H,3-4,7-11,19H2,1-2H3/q+1/b17-14+. The Morgan fingerprint density at radius 3 is 2.65 bits per heavy atom. The van der Waals surface area contributed by atoms with Crippen LogP contribution in [-0.4, -0.2) is 16.8 Å². The number of rotatable bonds is 7. The zero-order valence-corrected chi connectivity index (χ0v) is 19.8. The third-order valence-electron chi connectivity index (χ3n) is 7.45. The Labute approximate surface area is 191 Å². The van der Waals surface area contributed by atoms with Crippen molar-refractivity contribution in [2.45, 2.75) is 64.2 Å². The van der Waals surface area contributed by atoms with Gasteiger partial charge in [-0.2, -0.15) is 15.9 Å². The van der Waals surface area contributed by atoms with Crippen molar-refractivity contribution in [2.24, 2.45) is 5.92 Å². The quantitative estimate of drug-likeness (QED) is 0.263. The molecule has 0 bridgehead atoms. The van der Waals surface area contributed by atoms with E-state index in [4.69, 9.17) is 0 Å². The highest BCUT2D eigenvalue weighted by atomic mass is 32.1. The average Bonchev–Trinajstić information content (AvgIpc) is 3.51. The lowest BCUT2D eigenvalue weighted by atomic mass is 9.79. The monoisotopic (exact) mass is 428 g/mol. The van der Waals surface area contributed by atoms with Gasteiger partial charge in [0.2, 0.25) is 5.69 Å². The number of hydrogen-bond donors (Lipinski definition) is 0. The van der Waals surface area contributed by atoms with Crippen LogP contribution in [0.5, 0.6) is 0 Å². The first-order valence-electron chi connectivity index (χ1n) is 12.0. The maximum absolute atomic E-state index is 2.62. The summed E-state index contributed by atoms with van der Waals surface area (Å²) >= 11 is 1.77. The second kappa shape index (κ2) is 8.74. The minimum Gasteiger partial charge on any atom is -0.195 e. The molecule has 0 atom stereocenters. The van der Waals surface area contributed by atoms with Crippen LogP contribution in [0.15, 0.2) is 59.3 Å². The summed E-state index contributed by atoms with van der Waals surface area (Å²) in [5.41, 5.74) is 5.64. The van der Waals surface area contributed by atoms with E-state index in [1.807, 2.05) is 0 Å². The molecule has 1 nitrogen and oxygen atoms in total. The van der Waals surface area contributed by atoms with E-state index in [-0.39, 0.29) is 5.41 Å². The van der Waals surface area contributed by atoms with Crippen molar-refractivity contribution < 1.29 is 4.58 Å².